The first-order valence-electron chi connectivity index (χ1n) is 8.02. The molecule has 2 heterocycles. The second-order valence-corrected chi connectivity index (χ2v) is 6.50. The molecule has 0 spiro atoms. The summed E-state index contributed by atoms with van der Waals surface area (Å²) in [4.78, 5) is 16.8. The minimum Gasteiger partial charge on any atom is -0.328 e. The van der Waals surface area contributed by atoms with Crippen LogP contribution in [0.15, 0.2) is 18.2 Å². The predicted molar refractivity (Wildman–Crippen MR) is 83.2 cm³/mol. The Morgan fingerprint density at radius 1 is 1.33 bits per heavy atom. The zero-order valence-corrected chi connectivity index (χ0v) is 12.4. The van der Waals surface area contributed by atoms with Gasteiger partial charge < -0.3 is 9.88 Å². The Balaban J connectivity index is 1.62. The molecular weight excluding hydrogens is 262 g/mol. The van der Waals surface area contributed by atoms with E-state index < -0.39 is 0 Å². The molecule has 2 aromatic rings. The molecule has 4 rings (SSSR count). The van der Waals surface area contributed by atoms with Crippen LogP contribution in [0.2, 0.25) is 0 Å². The topological polar surface area (TPSA) is 46.9 Å². The van der Waals surface area contributed by atoms with Gasteiger partial charge in [0, 0.05) is 24.6 Å². The van der Waals surface area contributed by atoms with Crippen LogP contribution in [0, 0.1) is 11.8 Å². The van der Waals surface area contributed by atoms with Crippen LogP contribution in [0.4, 0.5) is 5.69 Å². The standard InChI is InChI=1S/C17H21N3O/c1-11-9-13(11)17(21)18-12-6-7-15-14(10-12)19-16-5-3-2-4-8-20(15)16/h6-7,10-11,13H,2-5,8-9H2,1H3,(H,18,21). The van der Waals surface area contributed by atoms with Gasteiger partial charge in [-0.1, -0.05) is 13.3 Å². The first-order chi connectivity index (χ1) is 10.2. The van der Waals surface area contributed by atoms with E-state index >= 15 is 0 Å². The number of nitrogens with one attached hydrogen (secondary N) is 1. The van der Waals surface area contributed by atoms with E-state index in [9.17, 15) is 4.79 Å². The van der Waals surface area contributed by atoms with Crippen molar-refractivity contribution in [2.75, 3.05) is 5.32 Å². The van der Waals surface area contributed by atoms with Crippen molar-refractivity contribution in [1.29, 1.82) is 0 Å². The Bertz CT molecular complexity index is 703. The van der Waals surface area contributed by atoms with E-state index in [4.69, 9.17) is 4.98 Å². The monoisotopic (exact) mass is 283 g/mol. The van der Waals surface area contributed by atoms with Gasteiger partial charge in [0.2, 0.25) is 5.91 Å². The zero-order valence-electron chi connectivity index (χ0n) is 12.4. The van der Waals surface area contributed by atoms with Gasteiger partial charge in [-0.2, -0.15) is 0 Å². The Kier molecular flexibility index (Phi) is 2.98. The van der Waals surface area contributed by atoms with Gasteiger partial charge >= 0.3 is 0 Å². The second kappa shape index (κ2) is 4.86. The molecule has 1 aromatic heterocycles. The molecule has 4 heteroatoms. The van der Waals surface area contributed by atoms with Crippen molar-refractivity contribution >= 4 is 22.6 Å². The molecular formula is C17H21N3O. The maximum atomic E-state index is 12.0. The highest BCUT2D eigenvalue weighted by molar-refractivity contribution is 5.96. The summed E-state index contributed by atoms with van der Waals surface area (Å²) < 4.78 is 2.34. The van der Waals surface area contributed by atoms with E-state index in [2.05, 4.69) is 22.9 Å². The summed E-state index contributed by atoms with van der Waals surface area (Å²) >= 11 is 0. The highest BCUT2D eigenvalue weighted by Crippen LogP contribution is 2.38. The normalized spacial score (nSPS) is 24.4. The summed E-state index contributed by atoms with van der Waals surface area (Å²) in [5.41, 5.74) is 3.08. The second-order valence-electron chi connectivity index (χ2n) is 6.50. The number of anilines is 1. The fourth-order valence-corrected chi connectivity index (χ4v) is 3.35. The largest absolute Gasteiger partial charge is 0.328 e. The van der Waals surface area contributed by atoms with E-state index in [1.54, 1.807) is 0 Å². The number of amides is 1. The van der Waals surface area contributed by atoms with Gasteiger partial charge in [0.25, 0.3) is 0 Å². The number of carbonyl (C=O) groups excluding carboxylic acids is 1. The predicted octanol–water partition coefficient (Wildman–Crippen LogP) is 3.36. The molecule has 0 saturated heterocycles. The molecule has 2 aliphatic rings. The van der Waals surface area contributed by atoms with Crippen LogP contribution in [0.25, 0.3) is 11.0 Å². The number of imidazole rings is 1. The molecule has 1 amide bonds. The summed E-state index contributed by atoms with van der Waals surface area (Å²) in [5.74, 6) is 2.10. The average molecular weight is 283 g/mol. The fraction of sp³-hybridized carbons (Fsp3) is 0.529. The molecule has 0 bridgehead atoms. The van der Waals surface area contributed by atoms with Crippen LogP contribution in [0.3, 0.4) is 0 Å². The molecule has 21 heavy (non-hydrogen) atoms. The molecule has 1 N–H and O–H groups in total. The lowest BCUT2D eigenvalue weighted by Gasteiger charge is -2.06. The van der Waals surface area contributed by atoms with Gasteiger partial charge in [0.1, 0.15) is 5.82 Å². The van der Waals surface area contributed by atoms with Crippen LogP contribution >= 0.6 is 0 Å². The van der Waals surface area contributed by atoms with E-state index in [1.165, 1.54) is 30.6 Å². The van der Waals surface area contributed by atoms with Crippen molar-refractivity contribution in [2.24, 2.45) is 11.8 Å². The Morgan fingerprint density at radius 2 is 2.19 bits per heavy atom. The number of benzene rings is 1. The van der Waals surface area contributed by atoms with Crippen LogP contribution in [-0.2, 0) is 17.8 Å². The summed E-state index contributed by atoms with van der Waals surface area (Å²) in [6, 6.07) is 6.12. The lowest BCUT2D eigenvalue weighted by molar-refractivity contribution is -0.117. The highest BCUT2D eigenvalue weighted by Gasteiger charge is 2.39. The molecule has 0 radical (unpaired) electrons. The van der Waals surface area contributed by atoms with Crippen LogP contribution < -0.4 is 5.32 Å². The van der Waals surface area contributed by atoms with Crippen molar-refractivity contribution in [3.8, 4) is 0 Å². The van der Waals surface area contributed by atoms with Gasteiger partial charge in [-0.3, -0.25) is 4.79 Å². The molecule has 4 nitrogen and oxygen atoms in total. The maximum absolute atomic E-state index is 12.0. The van der Waals surface area contributed by atoms with Crippen LogP contribution in [0.5, 0.6) is 0 Å². The van der Waals surface area contributed by atoms with Gasteiger partial charge in [0.15, 0.2) is 0 Å². The lowest BCUT2D eigenvalue weighted by Crippen LogP contribution is -2.14. The third-order valence-electron chi connectivity index (χ3n) is 4.82. The minimum absolute atomic E-state index is 0.155. The molecule has 1 saturated carbocycles. The van der Waals surface area contributed by atoms with Gasteiger partial charge in [-0.15, -0.1) is 0 Å². The molecule has 1 fully saturated rings. The lowest BCUT2D eigenvalue weighted by atomic mass is 10.2. The first kappa shape index (κ1) is 12.9. The van der Waals surface area contributed by atoms with Crippen molar-refractivity contribution in [3.63, 3.8) is 0 Å². The molecule has 1 aliphatic carbocycles. The summed E-state index contributed by atoms with van der Waals surface area (Å²) in [6.45, 7) is 3.19. The van der Waals surface area contributed by atoms with Crippen molar-refractivity contribution < 1.29 is 4.79 Å². The first-order valence-corrected chi connectivity index (χ1v) is 8.02. The zero-order chi connectivity index (χ0) is 14.4. The maximum Gasteiger partial charge on any atom is 0.227 e. The summed E-state index contributed by atoms with van der Waals surface area (Å²) in [7, 11) is 0. The molecule has 110 valence electrons. The van der Waals surface area contributed by atoms with Crippen LogP contribution in [0.1, 0.15) is 38.4 Å². The minimum atomic E-state index is 0.155. The smallest absolute Gasteiger partial charge is 0.227 e. The quantitative estimate of drug-likeness (QED) is 0.918. The summed E-state index contributed by atoms with van der Waals surface area (Å²) in [6.07, 6.45) is 5.84. The number of nitrogens with zero attached hydrogens (tertiary/aromatic N) is 2. The van der Waals surface area contributed by atoms with E-state index in [1.807, 2.05) is 12.1 Å². The van der Waals surface area contributed by atoms with E-state index in [0.717, 1.165) is 30.6 Å². The molecule has 1 aliphatic heterocycles. The SMILES string of the molecule is CC1CC1C(=O)Nc1ccc2c(c1)nc1n2CCCCC1. The van der Waals surface area contributed by atoms with Crippen molar-refractivity contribution in [2.45, 2.75) is 45.6 Å². The third kappa shape index (κ3) is 2.33. The van der Waals surface area contributed by atoms with Gasteiger partial charge in [-0.05, 0) is 43.4 Å². The van der Waals surface area contributed by atoms with Gasteiger partial charge in [-0.25, -0.2) is 4.98 Å². The number of carbonyl (C=O) groups is 1. The molecule has 1 aromatic carbocycles. The number of fused-ring (bicyclic) bond motifs is 3. The van der Waals surface area contributed by atoms with Crippen molar-refractivity contribution in [1.82, 2.24) is 9.55 Å². The Hall–Kier alpha value is -1.84. The van der Waals surface area contributed by atoms with E-state index in [-0.39, 0.29) is 11.8 Å². The van der Waals surface area contributed by atoms with Crippen LogP contribution in [-0.4, -0.2) is 15.5 Å². The average Bonchev–Trinajstić information content (AvgIpc) is 3.16. The summed E-state index contributed by atoms with van der Waals surface area (Å²) in [5, 5.41) is 3.03. The Labute approximate surface area is 124 Å². The Morgan fingerprint density at radius 3 is 3.00 bits per heavy atom. The third-order valence-corrected chi connectivity index (χ3v) is 4.82. The number of rotatable bonds is 2. The molecule has 2 atom stereocenters. The molecule has 2 unspecified atom stereocenters. The number of aryl methyl sites for hydroxylation is 2. The van der Waals surface area contributed by atoms with Gasteiger partial charge in [0.05, 0.1) is 11.0 Å². The number of hydrogen-bond donors (Lipinski definition) is 1. The highest BCUT2D eigenvalue weighted by atomic mass is 16.2. The number of aromatic nitrogens is 2. The fourth-order valence-electron chi connectivity index (χ4n) is 3.35. The van der Waals surface area contributed by atoms with E-state index in [0.29, 0.717) is 5.92 Å². The van der Waals surface area contributed by atoms with Crippen molar-refractivity contribution in [3.05, 3.63) is 24.0 Å². The number of hydrogen-bond acceptors (Lipinski definition) is 2.